The third-order valence-electron chi connectivity index (χ3n) is 3.83. The molecule has 1 N–H and O–H groups in total. The van der Waals surface area contributed by atoms with E-state index >= 15 is 0 Å². The number of benzene rings is 1. The summed E-state index contributed by atoms with van der Waals surface area (Å²) in [6.07, 6.45) is 0.758. The average molecular weight is 311 g/mol. The SMILES string of the molecule is C[C@H](C(=O)O)N1CCCN(C(=O)c2ccccc2Cl)CC1. The van der Waals surface area contributed by atoms with Crippen molar-refractivity contribution < 1.29 is 14.7 Å². The second-order valence-electron chi connectivity index (χ2n) is 5.18. The predicted molar refractivity (Wildman–Crippen MR) is 80.6 cm³/mol. The summed E-state index contributed by atoms with van der Waals surface area (Å²) in [5, 5.41) is 9.52. The lowest BCUT2D eigenvalue weighted by Crippen LogP contribution is -2.42. The molecule has 1 fully saturated rings. The van der Waals surface area contributed by atoms with Gasteiger partial charge in [0.1, 0.15) is 6.04 Å². The highest BCUT2D eigenvalue weighted by Gasteiger charge is 2.26. The van der Waals surface area contributed by atoms with Gasteiger partial charge in [0.25, 0.3) is 5.91 Å². The summed E-state index contributed by atoms with van der Waals surface area (Å²) in [6, 6.07) is 6.46. The first-order valence-corrected chi connectivity index (χ1v) is 7.39. The number of halogens is 1. The van der Waals surface area contributed by atoms with Crippen molar-refractivity contribution in [1.29, 1.82) is 0 Å². The highest BCUT2D eigenvalue weighted by Crippen LogP contribution is 2.18. The van der Waals surface area contributed by atoms with Crippen LogP contribution in [0, 0.1) is 0 Å². The van der Waals surface area contributed by atoms with Gasteiger partial charge in [0.2, 0.25) is 0 Å². The van der Waals surface area contributed by atoms with Crippen molar-refractivity contribution in [2.75, 3.05) is 26.2 Å². The molecule has 1 aliphatic heterocycles. The Morgan fingerprint density at radius 3 is 2.57 bits per heavy atom. The molecule has 2 rings (SSSR count). The molecule has 0 bridgehead atoms. The molecule has 1 aliphatic rings. The lowest BCUT2D eigenvalue weighted by Gasteiger charge is -2.25. The van der Waals surface area contributed by atoms with E-state index in [2.05, 4.69) is 0 Å². The zero-order valence-electron chi connectivity index (χ0n) is 12.0. The Morgan fingerprint density at radius 1 is 1.19 bits per heavy atom. The molecule has 0 spiro atoms. The Morgan fingerprint density at radius 2 is 1.90 bits per heavy atom. The molecule has 0 saturated carbocycles. The van der Waals surface area contributed by atoms with Crippen LogP contribution in [-0.4, -0.2) is 59.0 Å². The van der Waals surface area contributed by atoms with Gasteiger partial charge in [0, 0.05) is 26.2 Å². The van der Waals surface area contributed by atoms with Crippen molar-refractivity contribution in [3.8, 4) is 0 Å². The van der Waals surface area contributed by atoms with Crippen LogP contribution in [0.4, 0.5) is 0 Å². The molecule has 0 radical (unpaired) electrons. The fourth-order valence-corrected chi connectivity index (χ4v) is 2.71. The Hall–Kier alpha value is -1.59. The largest absolute Gasteiger partial charge is 0.480 e. The van der Waals surface area contributed by atoms with Gasteiger partial charge >= 0.3 is 5.97 Å². The zero-order chi connectivity index (χ0) is 15.4. The molecule has 1 aromatic carbocycles. The van der Waals surface area contributed by atoms with Gasteiger partial charge in [-0.2, -0.15) is 0 Å². The third-order valence-corrected chi connectivity index (χ3v) is 4.16. The van der Waals surface area contributed by atoms with E-state index in [1.165, 1.54) is 0 Å². The number of carboxylic acids is 1. The van der Waals surface area contributed by atoms with E-state index in [9.17, 15) is 9.59 Å². The molecule has 0 unspecified atom stereocenters. The molecule has 1 amide bonds. The van der Waals surface area contributed by atoms with Crippen molar-refractivity contribution in [2.45, 2.75) is 19.4 Å². The molecule has 0 aromatic heterocycles. The summed E-state index contributed by atoms with van der Waals surface area (Å²) >= 11 is 6.06. The average Bonchev–Trinajstić information content (AvgIpc) is 2.72. The maximum atomic E-state index is 12.5. The van der Waals surface area contributed by atoms with Crippen molar-refractivity contribution in [3.63, 3.8) is 0 Å². The van der Waals surface area contributed by atoms with E-state index < -0.39 is 12.0 Å². The van der Waals surface area contributed by atoms with Gasteiger partial charge in [-0.25, -0.2) is 0 Å². The normalized spacial score (nSPS) is 18.1. The summed E-state index contributed by atoms with van der Waals surface area (Å²) in [4.78, 5) is 27.2. The maximum absolute atomic E-state index is 12.5. The Balaban J connectivity index is 2.05. The Kier molecular flexibility index (Phi) is 5.20. The van der Waals surface area contributed by atoms with Gasteiger partial charge in [0.15, 0.2) is 0 Å². The fourth-order valence-electron chi connectivity index (χ4n) is 2.49. The summed E-state index contributed by atoms with van der Waals surface area (Å²) in [7, 11) is 0. The Bertz CT molecular complexity index is 535. The molecule has 114 valence electrons. The smallest absolute Gasteiger partial charge is 0.320 e. The quantitative estimate of drug-likeness (QED) is 0.927. The zero-order valence-corrected chi connectivity index (χ0v) is 12.7. The molecule has 0 aliphatic carbocycles. The van der Waals surface area contributed by atoms with Crippen LogP contribution in [0.15, 0.2) is 24.3 Å². The molecule has 1 heterocycles. The molecule has 1 aromatic rings. The van der Waals surface area contributed by atoms with Crippen molar-refractivity contribution in [3.05, 3.63) is 34.9 Å². The molecular weight excluding hydrogens is 292 g/mol. The molecule has 1 atom stereocenters. The maximum Gasteiger partial charge on any atom is 0.320 e. The molecule has 1 saturated heterocycles. The number of carbonyl (C=O) groups is 2. The molecular formula is C15H19ClN2O3. The topological polar surface area (TPSA) is 60.9 Å². The summed E-state index contributed by atoms with van der Waals surface area (Å²) in [5.41, 5.74) is 0.499. The number of amides is 1. The van der Waals surface area contributed by atoms with Crippen LogP contribution in [-0.2, 0) is 4.79 Å². The number of rotatable bonds is 3. The summed E-state index contributed by atoms with van der Waals surface area (Å²) < 4.78 is 0. The van der Waals surface area contributed by atoms with Crippen molar-refractivity contribution >= 4 is 23.5 Å². The second-order valence-corrected chi connectivity index (χ2v) is 5.58. The van der Waals surface area contributed by atoms with Crippen molar-refractivity contribution in [1.82, 2.24) is 9.80 Å². The predicted octanol–water partition coefficient (Wildman–Crippen LogP) is 1.96. The van der Waals surface area contributed by atoms with Gasteiger partial charge in [-0.05, 0) is 25.5 Å². The summed E-state index contributed by atoms with van der Waals surface area (Å²) in [5.74, 6) is -0.925. The number of hydrogen-bond acceptors (Lipinski definition) is 3. The summed E-state index contributed by atoms with van der Waals surface area (Å²) in [6.45, 7) is 4.05. The van der Waals surface area contributed by atoms with Crippen LogP contribution in [0.3, 0.4) is 0 Å². The number of hydrogen-bond donors (Lipinski definition) is 1. The monoisotopic (exact) mass is 310 g/mol. The number of carbonyl (C=O) groups excluding carboxylic acids is 1. The third kappa shape index (κ3) is 3.74. The minimum atomic E-state index is -0.833. The standard InChI is InChI=1S/C15H19ClN2O3/c1-11(15(20)21)17-7-4-8-18(10-9-17)14(19)12-5-2-3-6-13(12)16/h2-3,5-6,11H,4,7-10H2,1H3,(H,20,21)/t11-/m1/s1. The first-order valence-electron chi connectivity index (χ1n) is 7.01. The van der Waals surface area contributed by atoms with Crippen LogP contribution in [0.25, 0.3) is 0 Å². The van der Waals surface area contributed by atoms with E-state index in [0.29, 0.717) is 36.8 Å². The van der Waals surface area contributed by atoms with E-state index in [0.717, 1.165) is 6.42 Å². The highest BCUT2D eigenvalue weighted by molar-refractivity contribution is 6.33. The fraction of sp³-hybridized carbons (Fsp3) is 0.467. The van der Waals surface area contributed by atoms with Gasteiger partial charge < -0.3 is 10.0 Å². The van der Waals surface area contributed by atoms with Gasteiger partial charge in [-0.15, -0.1) is 0 Å². The lowest BCUT2D eigenvalue weighted by atomic mass is 10.2. The first-order chi connectivity index (χ1) is 10.0. The number of nitrogens with zero attached hydrogens (tertiary/aromatic N) is 2. The van der Waals surface area contributed by atoms with Crippen LogP contribution in [0.2, 0.25) is 5.02 Å². The minimum absolute atomic E-state index is 0.0922. The van der Waals surface area contributed by atoms with Gasteiger partial charge in [-0.1, -0.05) is 23.7 Å². The van der Waals surface area contributed by atoms with E-state index in [-0.39, 0.29) is 5.91 Å². The molecule has 21 heavy (non-hydrogen) atoms. The van der Waals surface area contributed by atoms with E-state index in [1.807, 2.05) is 4.90 Å². The Labute approximate surface area is 129 Å². The highest BCUT2D eigenvalue weighted by atomic mass is 35.5. The van der Waals surface area contributed by atoms with Gasteiger partial charge in [0.05, 0.1) is 10.6 Å². The van der Waals surface area contributed by atoms with Crippen LogP contribution >= 0.6 is 11.6 Å². The van der Waals surface area contributed by atoms with Gasteiger partial charge in [-0.3, -0.25) is 14.5 Å². The molecule has 6 heteroatoms. The number of carboxylic acid groups (broad SMARTS) is 1. The van der Waals surface area contributed by atoms with E-state index in [4.69, 9.17) is 16.7 Å². The minimum Gasteiger partial charge on any atom is -0.480 e. The van der Waals surface area contributed by atoms with Crippen LogP contribution < -0.4 is 0 Å². The molecule has 5 nitrogen and oxygen atoms in total. The van der Waals surface area contributed by atoms with Crippen LogP contribution in [0.1, 0.15) is 23.7 Å². The second kappa shape index (κ2) is 6.91. The van der Waals surface area contributed by atoms with Crippen molar-refractivity contribution in [2.24, 2.45) is 0 Å². The number of aliphatic carboxylic acids is 1. The lowest BCUT2D eigenvalue weighted by molar-refractivity contribution is -0.142. The first kappa shape index (κ1) is 15.8. The van der Waals surface area contributed by atoms with Crippen LogP contribution in [0.5, 0.6) is 0 Å². The van der Waals surface area contributed by atoms with E-state index in [1.54, 1.807) is 36.1 Å².